The van der Waals surface area contributed by atoms with E-state index in [1.54, 1.807) is 4.90 Å². The summed E-state index contributed by atoms with van der Waals surface area (Å²) in [5.41, 5.74) is 0.410. The van der Waals surface area contributed by atoms with E-state index in [9.17, 15) is 9.18 Å². The fourth-order valence-electron chi connectivity index (χ4n) is 1.65. The van der Waals surface area contributed by atoms with Gasteiger partial charge in [-0.1, -0.05) is 0 Å². The van der Waals surface area contributed by atoms with Gasteiger partial charge in [-0.05, 0) is 38.5 Å². The van der Waals surface area contributed by atoms with E-state index in [2.05, 4.69) is 12.6 Å². The lowest BCUT2D eigenvalue weighted by molar-refractivity contribution is 0.0693. The fraction of sp³-hybridized carbons (Fsp3) is 0.462. The summed E-state index contributed by atoms with van der Waals surface area (Å²) in [6, 6.07) is 4.14. The van der Waals surface area contributed by atoms with Crippen molar-refractivity contribution in [1.29, 1.82) is 0 Å². The maximum Gasteiger partial charge on any atom is 0.254 e. The summed E-state index contributed by atoms with van der Waals surface area (Å²) in [6.45, 7) is 4.32. The molecule has 1 aromatic rings. The standard InChI is InChI=1S/C13H18FNO2S/c1-9(2)15(6-3-7-16)13(17)10-4-5-11(14)12(18)8-10/h4-5,8-9,16,18H,3,6-7H2,1-2H3. The molecule has 1 N–H and O–H groups in total. The van der Waals surface area contributed by atoms with Crippen LogP contribution in [0.25, 0.3) is 0 Å². The molecule has 0 aliphatic rings. The molecule has 0 saturated heterocycles. The van der Waals surface area contributed by atoms with Gasteiger partial charge < -0.3 is 10.0 Å². The van der Waals surface area contributed by atoms with Gasteiger partial charge in [0.05, 0.1) is 0 Å². The smallest absolute Gasteiger partial charge is 0.254 e. The Hall–Kier alpha value is -1.07. The number of rotatable bonds is 5. The van der Waals surface area contributed by atoms with Gasteiger partial charge in [-0.2, -0.15) is 0 Å². The Morgan fingerprint density at radius 1 is 1.50 bits per heavy atom. The third-order valence-electron chi connectivity index (χ3n) is 2.63. The Morgan fingerprint density at radius 3 is 2.67 bits per heavy atom. The molecular formula is C13H18FNO2S. The number of benzene rings is 1. The zero-order valence-electron chi connectivity index (χ0n) is 10.6. The van der Waals surface area contributed by atoms with Gasteiger partial charge in [-0.3, -0.25) is 4.79 Å². The van der Waals surface area contributed by atoms with Gasteiger partial charge in [-0.15, -0.1) is 12.6 Å². The van der Waals surface area contributed by atoms with Gasteiger partial charge in [0.2, 0.25) is 0 Å². The summed E-state index contributed by atoms with van der Waals surface area (Å²) in [5, 5.41) is 8.83. The van der Waals surface area contributed by atoms with E-state index in [1.807, 2.05) is 13.8 Å². The first kappa shape index (κ1) is 15.0. The van der Waals surface area contributed by atoms with Crippen LogP contribution in [0, 0.1) is 5.82 Å². The van der Waals surface area contributed by atoms with E-state index in [0.717, 1.165) is 0 Å². The lowest BCUT2D eigenvalue weighted by atomic mass is 10.1. The summed E-state index contributed by atoms with van der Waals surface area (Å²) in [6.07, 6.45) is 0.527. The van der Waals surface area contributed by atoms with E-state index in [0.29, 0.717) is 18.5 Å². The SMILES string of the molecule is CC(C)N(CCCO)C(=O)c1ccc(F)c(S)c1. The van der Waals surface area contributed by atoms with Crippen molar-refractivity contribution in [1.82, 2.24) is 4.90 Å². The first-order valence-electron chi connectivity index (χ1n) is 5.87. The molecule has 0 aromatic heterocycles. The predicted molar refractivity (Wildman–Crippen MR) is 71.5 cm³/mol. The van der Waals surface area contributed by atoms with Crippen LogP contribution in [-0.4, -0.2) is 35.1 Å². The molecule has 5 heteroatoms. The van der Waals surface area contributed by atoms with Crippen LogP contribution >= 0.6 is 12.6 Å². The number of carbonyl (C=O) groups is 1. The molecule has 1 amide bonds. The minimum atomic E-state index is -0.443. The molecule has 0 bridgehead atoms. The van der Waals surface area contributed by atoms with Crippen molar-refractivity contribution in [3.8, 4) is 0 Å². The minimum absolute atomic E-state index is 0.0254. The zero-order valence-corrected chi connectivity index (χ0v) is 11.5. The Kier molecular flexibility index (Phi) is 5.62. The molecule has 0 radical (unpaired) electrons. The van der Waals surface area contributed by atoms with Crippen molar-refractivity contribution in [2.75, 3.05) is 13.2 Å². The first-order valence-corrected chi connectivity index (χ1v) is 6.32. The normalized spacial score (nSPS) is 10.8. The lowest BCUT2D eigenvalue weighted by Gasteiger charge is -2.26. The molecule has 0 saturated carbocycles. The third kappa shape index (κ3) is 3.71. The number of carbonyl (C=O) groups excluding carboxylic acids is 1. The number of nitrogens with zero attached hydrogens (tertiary/aromatic N) is 1. The maximum atomic E-state index is 13.1. The van der Waals surface area contributed by atoms with Crippen molar-refractivity contribution in [3.63, 3.8) is 0 Å². The molecule has 0 heterocycles. The number of hydrogen-bond acceptors (Lipinski definition) is 3. The van der Waals surface area contributed by atoms with E-state index in [1.165, 1.54) is 18.2 Å². The summed E-state index contributed by atoms with van der Waals surface area (Å²) >= 11 is 3.97. The van der Waals surface area contributed by atoms with Crippen LogP contribution in [0.5, 0.6) is 0 Å². The number of amides is 1. The van der Waals surface area contributed by atoms with E-state index in [4.69, 9.17) is 5.11 Å². The number of aliphatic hydroxyl groups excluding tert-OH is 1. The Bertz CT molecular complexity index is 423. The number of thiol groups is 1. The highest BCUT2D eigenvalue weighted by atomic mass is 32.1. The predicted octanol–water partition coefficient (Wildman–Crippen LogP) is 2.35. The van der Waals surface area contributed by atoms with Crippen molar-refractivity contribution in [3.05, 3.63) is 29.6 Å². The number of hydrogen-bond donors (Lipinski definition) is 2. The van der Waals surface area contributed by atoms with Crippen LogP contribution in [0.4, 0.5) is 4.39 Å². The quantitative estimate of drug-likeness (QED) is 0.807. The molecule has 0 fully saturated rings. The maximum absolute atomic E-state index is 13.1. The topological polar surface area (TPSA) is 40.5 Å². The molecule has 0 atom stereocenters. The van der Waals surface area contributed by atoms with Gasteiger partial charge >= 0.3 is 0 Å². The largest absolute Gasteiger partial charge is 0.396 e. The van der Waals surface area contributed by atoms with Gasteiger partial charge in [-0.25, -0.2) is 4.39 Å². The summed E-state index contributed by atoms with van der Waals surface area (Å²) < 4.78 is 13.1. The summed E-state index contributed by atoms with van der Waals surface area (Å²) in [4.78, 5) is 14.1. The third-order valence-corrected chi connectivity index (χ3v) is 2.98. The average Bonchev–Trinajstić information content (AvgIpc) is 2.32. The highest BCUT2D eigenvalue weighted by Gasteiger charge is 2.18. The van der Waals surface area contributed by atoms with Crippen molar-refractivity contribution in [2.45, 2.75) is 31.2 Å². The minimum Gasteiger partial charge on any atom is -0.396 e. The number of halogens is 1. The second-order valence-electron chi connectivity index (χ2n) is 4.34. The van der Waals surface area contributed by atoms with Crippen molar-refractivity contribution in [2.24, 2.45) is 0 Å². The van der Waals surface area contributed by atoms with Crippen LogP contribution in [0.1, 0.15) is 30.6 Å². The van der Waals surface area contributed by atoms with Crippen LogP contribution in [0.3, 0.4) is 0 Å². The monoisotopic (exact) mass is 271 g/mol. The average molecular weight is 271 g/mol. The molecule has 100 valence electrons. The number of aliphatic hydroxyl groups is 1. The second-order valence-corrected chi connectivity index (χ2v) is 4.82. The zero-order chi connectivity index (χ0) is 13.7. The molecule has 3 nitrogen and oxygen atoms in total. The molecule has 0 spiro atoms. The second kappa shape index (κ2) is 6.75. The Balaban J connectivity index is 2.91. The highest BCUT2D eigenvalue weighted by molar-refractivity contribution is 7.80. The van der Waals surface area contributed by atoms with Crippen LogP contribution in [0.2, 0.25) is 0 Å². The van der Waals surface area contributed by atoms with E-state index >= 15 is 0 Å². The Labute approximate surface area is 112 Å². The van der Waals surface area contributed by atoms with Crippen LogP contribution in [0.15, 0.2) is 23.1 Å². The summed E-state index contributed by atoms with van der Waals surface area (Å²) in [5.74, 6) is -0.616. The molecule has 18 heavy (non-hydrogen) atoms. The fourth-order valence-corrected chi connectivity index (χ4v) is 1.86. The molecule has 0 aliphatic carbocycles. The van der Waals surface area contributed by atoms with Gasteiger partial charge in [0, 0.05) is 29.7 Å². The van der Waals surface area contributed by atoms with Crippen LogP contribution in [-0.2, 0) is 0 Å². The first-order chi connectivity index (χ1) is 8.47. The summed E-state index contributed by atoms with van der Waals surface area (Å²) in [7, 11) is 0. The van der Waals surface area contributed by atoms with Gasteiger partial charge in [0.25, 0.3) is 5.91 Å². The van der Waals surface area contributed by atoms with Gasteiger partial charge in [0.15, 0.2) is 0 Å². The molecule has 1 aromatic carbocycles. The van der Waals surface area contributed by atoms with E-state index < -0.39 is 5.82 Å². The van der Waals surface area contributed by atoms with Gasteiger partial charge in [0.1, 0.15) is 5.82 Å². The van der Waals surface area contributed by atoms with Crippen molar-refractivity contribution < 1.29 is 14.3 Å². The molecular weight excluding hydrogens is 253 g/mol. The highest BCUT2D eigenvalue weighted by Crippen LogP contribution is 2.16. The Morgan fingerprint density at radius 2 is 2.17 bits per heavy atom. The molecule has 1 rings (SSSR count). The molecule has 0 unspecified atom stereocenters. The lowest BCUT2D eigenvalue weighted by Crippen LogP contribution is -2.38. The van der Waals surface area contributed by atoms with Crippen molar-refractivity contribution >= 4 is 18.5 Å². The molecule has 0 aliphatic heterocycles. The van der Waals surface area contributed by atoms with Crippen LogP contribution < -0.4 is 0 Å². The van der Waals surface area contributed by atoms with E-state index in [-0.39, 0.29) is 23.5 Å².